The Kier molecular flexibility index (Phi) is 6.16. The Morgan fingerprint density at radius 3 is 2.35 bits per heavy atom. The van der Waals surface area contributed by atoms with E-state index >= 15 is 0 Å². The molecule has 0 radical (unpaired) electrons. The van der Waals surface area contributed by atoms with Crippen LogP contribution in [0.4, 0.5) is 5.69 Å². The van der Waals surface area contributed by atoms with Gasteiger partial charge in [0.1, 0.15) is 0 Å². The molecule has 3 nitrogen and oxygen atoms in total. The van der Waals surface area contributed by atoms with Crippen molar-refractivity contribution in [3.05, 3.63) is 64.7 Å². The average Bonchev–Trinajstić information content (AvgIpc) is 2.55. The van der Waals surface area contributed by atoms with Crippen LogP contribution in [0.5, 0.6) is 0 Å². The van der Waals surface area contributed by atoms with Crippen molar-refractivity contribution in [2.24, 2.45) is 0 Å². The van der Waals surface area contributed by atoms with Crippen molar-refractivity contribution in [3.8, 4) is 0 Å². The first-order valence-electron chi connectivity index (χ1n) is 7.84. The summed E-state index contributed by atoms with van der Waals surface area (Å²) in [4.78, 5) is 10.8. The van der Waals surface area contributed by atoms with Crippen LogP contribution in [0.1, 0.15) is 13.3 Å². The van der Waals surface area contributed by atoms with E-state index in [4.69, 9.17) is 0 Å². The molecule has 122 valence electrons. The van der Waals surface area contributed by atoms with Crippen LogP contribution in [-0.2, 0) is 0 Å². The Morgan fingerprint density at radius 1 is 1.09 bits per heavy atom. The molecule has 0 N–H and O–H groups in total. The van der Waals surface area contributed by atoms with Gasteiger partial charge in [-0.3, -0.25) is 0 Å². The number of hydrogen-bond acceptors (Lipinski definition) is 2. The molecule has 0 saturated heterocycles. The van der Waals surface area contributed by atoms with Crippen molar-refractivity contribution in [1.29, 1.82) is 0 Å². The Morgan fingerprint density at radius 2 is 1.70 bits per heavy atom. The average molecular weight is 392 g/mol. The zero-order chi connectivity index (χ0) is 16.9. The first-order valence-corrected chi connectivity index (χ1v) is 13.0. The van der Waals surface area contributed by atoms with Crippen LogP contribution in [0, 0.1) is 10.1 Å². The van der Waals surface area contributed by atoms with Gasteiger partial charge in [0, 0.05) is 0 Å². The van der Waals surface area contributed by atoms with Crippen molar-refractivity contribution < 1.29 is 4.92 Å². The summed E-state index contributed by atoms with van der Waals surface area (Å²) in [6, 6.07) is 18.0. The third kappa shape index (κ3) is 4.53. The predicted molar refractivity (Wildman–Crippen MR) is 101 cm³/mol. The minimum absolute atomic E-state index is 0.166. The molecule has 0 aromatic heterocycles. The quantitative estimate of drug-likeness (QED) is 0.409. The monoisotopic (exact) mass is 393 g/mol. The van der Waals surface area contributed by atoms with E-state index in [-0.39, 0.29) is 25.6 Å². The molecule has 0 bridgehead atoms. The fraction of sp³-hybridized carbons (Fsp3) is 0.333. The van der Waals surface area contributed by atoms with E-state index in [1.165, 1.54) is 5.19 Å². The Balaban J connectivity index is 1.98. The second-order valence-electron chi connectivity index (χ2n) is 6.35. The first kappa shape index (κ1) is 17.9. The molecule has 0 amide bonds. The van der Waals surface area contributed by atoms with Crippen LogP contribution in [0.2, 0.25) is 24.0 Å². The van der Waals surface area contributed by atoms with Gasteiger partial charge >= 0.3 is 145 Å². The molecule has 23 heavy (non-hydrogen) atoms. The molecule has 1 unspecified atom stereocenters. The summed E-state index contributed by atoms with van der Waals surface area (Å²) in [6.45, 7) is 7.19. The minimum atomic E-state index is -1.48. The van der Waals surface area contributed by atoms with Crippen molar-refractivity contribution in [3.63, 3.8) is 0 Å². The molecule has 0 aliphatic carbocycles. The fourth-order valence-corrected chi connectivity index (χ4v) is 7.97. The van der Waals surface area contributed by atoms with Crippen LogP contribution in [-0.4, -0.2) is 28.0 Å². The number of hydrogen-bond donors (Lipinski definition) is 0. The third-order valence-electron chi connectivity index (χ3n) is 4.62. The Hall–Kier alpha value is -1.42. The number of para-hydroxylation sites is 1. The molecule has 0 saturated carbocycles. The van der Waals surface area contributed by atoms with E-state index in [1.807, 2.05) is 12.1 Å². The number of rotatable bonds is 7. The maximum atomic E-state index is 11.1. The molecule has 0 aliphatic rings. The van der Waals surface area contributed by atoms with Gasteiger partial charge in [0.05, 0.1) is 0 Å². The molecular weight excluding hydrogens is 369 g/mol. The normalized spacial score (nSPS) is 12.8. The third-order valence-corrected chi connectivity index (χ3v) is 11.5. The SMILES string of the molecule is CC(CC[Se]c1ccccc1[N+](=O)[O-])[Si](C)(C)c1ccccc1. The van der Waals surface area contributed by atoms with Crippen molar-refractivity contribution in [1.82, 2.24) is 0 Å². The molecule has 2 aromatic carbocycles. The predicted octanol–water partition coefficient (Wildman–Crippen LogP) is 3.74. The van der Waals surface area contributed by atoms with Crippen LogP contribution >= 0.6 is 0 Å². The van der Waals surface area contributed by atoms with Crippen LogP contribution in [0.3, 0.4) is 0 Å². The molecule has 2 aromatic rings. The van der Waals surface area contributed by atoms with Crippen molar-refractivity contribution >= 4 is 38.4 Å². The van der Waals surface area contributed by atoms with Gasteiger partial charge in [-0.25, -0.2) is 0 Å². The van der Waals surface area contributed by atoms with Gasteiger partial charge < -0.3 is 0 Å². The topological polar surface area (TPSA) is 43.1 Å². The molecule has 0 aliphatic heterocycles. The molecule has 0 spiro atoms. The summed E-state index contributed by atoms with van der Waals surface area (Å²) >= 11 is 0.166. The number of nitro groups is 1. The van der Waals surface area contributed by atoms with Crippen molar-refractivity contribution in [2.45, 2.75) is 37.3 Å². The summed E-state index contributed by atoms with van der Waals surface area (Å²) in [7, 11) is -1.48. The second-order valence-corrected chi connectivity index (χ2v) is 13.7. The fourth-order valence-electron chi connectivity index (χ4n) is 2.59. The van der Waals surface area contributed by atoms with E-state index in [0.717, 1.165) is 16.2 Å². The zero-order valence-corrected chi connectivity index (χ0v) is 16.6. The molecule has 5 heteroatoms. The maximum absolute atomic E-state index is 11.1. The van der Waals surface area contributed by atoms with E-state index in [2.05, 4.69) is 50.3 Å². The van der Waals surface area contributed by atoms with E-state index < -0.39 is 8.07 Å². The van der Waals surface area contributed by atoms with Gasteiger partial charge in [-0.15, -0.1) is 0 Å². The van der Waals surface area contributed by atoms with Gasteiger partial charge in [0.15, 0.2) is 0 Å². The van der Waals surface area contributed by atoms with Crippen molar-refractivity contribution in [2.75, 3.05) is 0 Å². The second kappa shape index (κ2) is 7.91. The zero-order valence-electron chi connectivity index (χ0n) is 13.9. The molecule has 1 atom stereocenters. The van der Waals surface area contributed by atoms with Gasteiger partial charge in [-0.1, -0.05) is 0 Å². The van der Waals surface area contributed by atoms with E-state index in [1.54, 1.807) is 12.1 Å². The summed E-state index contributed by atoms with van der Waals surface area (Å²) in [5, 5.41) is 13.6. The number of nitro benzene ring substituents is 1. The molecular formula is C18H23NO2SeSi. The molecule has 2 rings (SSSR count). The Bertz CT molecular complexity index is 661. The standard InChI is InChI=1S/C18H23NO2SeSi/c1-15(23(2,3)16-9-5-4-6-10-16)13-14-22-18-12-8-7-11-17(18)19(20)21/h4-12,15H,13-14H2,1-3H3. The van der Waals surface area contributed by atoms with E-state index in [0.29, 0.717) is 5.54 Å². The van der Waals surface area contributed by atoms with Crippen LogP contribution in [0.25, 0.3) is 0 Å². The number of nitrogens with zero attached hydrogens (tertiary/aromatic N) is 1. The van der Waals surface area contributed by atoms with E-state index in [9.17, 15) is 10.1 Å². The van der Waals surface area contributed by atoms with Crippen LogP contribution in [0.15, 0.2) is 54.6 Å². The molecule has 0 heterocycles. The summed E-state index contributed by atoms with van der Waals surface area (Å²) in [5.74, 6) is 0. The van der Waals surface area contributed by atoms with Crippen LogP contribution < -0.4 is 9.65 Å². The van der Waals surface area contributed by atoms with Gasteiger partial charge in [-0.05, 0) is 0 Å². The summed E-state index contributed by atoms with van der Waals surface area (Å²) in [6.07, 6.45) is 1.14. The summed E-state index contributed by atoms with van der Waals surface area (Å²) in [5.41, 5.74) is 0.939. The molecule has 0 fully saturated rings. The Labute approximate surface area is 145 Å². The van der Waals surface area contributed by atoms with Gasteiger partial charge in [0.25, 0.3) is 0 Å². The summed E-state index contributed by atoms with van der Waals surface area (Å²) < 4.78 is 0.913. The van der Waals surface area contributed by atoms with Gasteiger partial charge in [-0.2, -0.15) is 0 Å². The number of benzene rings is 2. The van der Waals surface area contributed by atoms with Gasteiger partial charge in [0.2, 0.25) is 0 Å². The first-order chi connectivity index (χ1) is 10.9.